The minimum atomic E-state index is -0.254. The van der Waals surface area contributed by atoms with Crippen molar-refractivity contribution in [1.29, 1.82) is 0 Å². The fraction of sp³-hybridized carbons (Fsp3) is 0.750. The lowest BCUT2D eigenvalue weighted by Gasteiger charge is -2.31. The van der Waals surface area contributed by atoms with Gasteiger partial charge in [-0.05, 0) is 18.1 Å². The normalized spacial score (nSPS) is 19.8. The second-order valence-electron chi connectivity index (χ2n) is 4.75. The molecule has 1 aliphatic rings. The minimum absolute atomic E-state index is 0.254. The van der Waals surface area contributed by atoms with Gasteiger partial charge in [0.25, 0.3) is 0 Å². The zero-order chi connectivity index (χ0) is 12.3. The first-order valence-corrected chi connectivity index (χ1v) is 7.96. The van der Waals surface area contributed by atoms with E-state index in [1.165, 1.54) is 5.01 Å². The van der Waals surface area contributed by atoms with Crippen LogP contribution in [-0.4, -0.2) is 23.4 Å². The Labute approximate surface area is 111 Å². The first-order valence-electron chi connectivity index (χ1n) is 6.03. The molecule has 1 aromatic heterocycles. The van der Waals surface area contributed by atoms with Crippen molar-refractivity contribution in [2.75, 3.05) is 13.2 Å². The third kappa shape index (κ3) is 3.44. The van der Waals surface area contributed by atoms with Crippen molar-refractivity contribution in [2.24, 2.45) is 5.73 Å². The summed E-state index contributed by atoms with van der Waals surface area (Å²) in [4.78, 5) is 4.69. The van der Waals surface area contributed by atoms with Gasteiger partial charge in [-0.3, -0.25) is 0 Å². The van der Waals surface area contributed by atoms with Crippen molar-refractivity contribution in [2.45, 2.75) is 43.2 Å². The summed E-state index contributed by atoms with van der Waals surface area (Å²) in [6.07, 6.45) is 1.76. The molecular weight excluding hydrogens is 252 g/mol. The molecule has 2 heterocycles. The van der Waals surface area contributed by atoms with Crippen LogP contribution in [0, 0.1) is 0 Å². The summed E-state index contributed by atoms with van der Waals surface area (Å²) in [7, 11) is 0. The molecule has 0 unspecified atom stereocenters. The van der Waals surface area contributed by atoms with E-state index in [4.69, 9.17) is 15.5 Å². The highest BCUT2D eigenvalue weighted by Crippen LogP contribution is 2.31. The van der Waals surface area contributed by atoms with Crippen LogP contribution in [0.3, 0.4) is 0 Å². The molecule has 0 saturated carbocycles. The van der Waals surface area contributed by atoms with Crippen LogP contribution in [0.25, 0.3) is 0 Å². The molecule has 1 aromatic rings. The molecule has 2 rings (SSSR count). The van der Waals surface area contributed by atoms with Gasteiger partial charge in [0.05, 0.1) is 11.2 Å². The van der Waals surface area contributed by atoms with Crippen LogP contribution in [0.2, 0.25) is 0 Å². The van der Waals surface area contributed by atoms with Gasteiger partial charge in [0.2, 0.25) is 0 Å². The van der Waals surface area contributed by atoms with Crippen LogP contribution < -0.4 is 5.73 Å². The summed E-state index contributed by atoms with van der Waals surface area (Å²) in [5.41, 5.74) is 7.21. The molecule has 0 amide bonds. The predicted molar refractivity (Wildman–Crippen MR) is 74.5 cm³/mol. The van der Waals surface area contributed by atoms with E-state index in [1.54, 1.807) is 11.3 Å². The van der Waals surface area contributed by atoms with Crippen molar-refractivity contribution in [3.8, 4) is 0 Å². The van der Waals surface area contributed by atoms with Gasteiger partial charge < -0.3 is 10.5 Å². The molecule has 1 saturated heterocycles. The standard InChI is InChI=1S/C12H20N2OS2/c1-9(2)16-8-11-14-10(7-17-11)12(13)3-5-15-6-4-12/h7,9H,3-6,8,13H2,1-2H3. The molecular formula is C12H20N2OS2. The Morgan fingerprint density at radius 1 is 1.53 bits per heavy atom. The molecule has 96 valence electrons. The van der Waals surface area contributed by atoms with Crippen molar-refractivity contribution in [1.82, 2.24) is 4.98 Å². The Bertz CT molecular complexity index is 359. The summed E-state index contributed by atoms with van der Waals surface area (Å²) < 4.78 is 5.36. The van der Waals surface area contributed by atoms with Gasteiger partial charge in [-0.15, -0.1) is 11.3 Å². The zero-order valence-electron chi connectivity index (χ0n) is 10.4. The molecule has 0 aliphatic carbocycles. The molecule has 0 bridgehead atoms. The van der Waals surface area contributed by atoms with Gasteiger partial charge in [0, 0.05) is 24.3 Å². The molecule has 1 fully saturated rings. The highest BCUT2D eigenvalue weighted by atomic mass is 32.2. The van der Waals surface area contributed by atoms with Gasteiger partial charge in [0.15, 0.2) is 0 Å². The maximum atomic E-state index is 6.41. The first kappa shape index (κ1) is 13.3. The predicted octanol–water partition coefficient (Wildman–Crippen LogP) is 2.75. The second kappa shape index (κ2) is 5.69. The number of ether oxygens (including phenoxy) is 1. The van der Waals surface area contributed by atoms with Crippen LogP contribution in [0.5, 0.6) is 0 Å². The lowest BCUT2D eigenvalue weighted by molar-refractivity contribution is 0.0509. The van der Waals surface area contributed by atoms with Crippen molar-refractivity contribution in [3.05, 3.63) is 16.1 Å². The van der Waals surface area contributed by atoms with Crippen molar-refractivity contribution >= 4 is 23.1 Å². The van der Waals surface area contributed by atoms with Gasteiger partial charge in [-0.25, -0.2) is 4.98 Å². The zero-order valence-corrected chi connectivity index (χ0v) is 12.1. The van der Waals surface area contributed by atoms with E-state index in [2.05, 4.69) is 19.2 Å². The lowest BCUT2D eigenvalue weighted by atomic mass is 9.88. The van der Waals surface area contributed by atoms with Gasteiger partial charge in [-0.1, -0.05) is 13.8 Å². The maximum absolute atomic E-state index is 6.41. The van der Waals surface area contributed by atoms with E-state index in [0.717, 1.165) is 37.5 Å². The van der Waals surface area contributed by atoms with Gasteiger partial charge >= 0.3 is 0 Å². The fourth-order valence-electron chi connectivity index (χ4n) is 1.84. The second-order valence-corrected chi connectivity index (χ2v) is 7.26. The van der Waals surface area contributed by atoms with E-state index in [0.29, 0.717) is 5.25 Å². The average Bonchev–Trinajstić information content (AvgIpc) is 2.76. The smallest absolute Gasteiger partial charge is 0.103 e. The van der Waals surface area contributed by atoms with Gasteiger partial charge in [0.1, 0.15) is 5.01 Å². The topological polar surface area (TPSA) is 48.1 Å². The highest BCUT2D eigenvalue weighted by Gasteiger charge is 2.32. The van der Waals surface area contributed by atoms with Crippen molar-refractivity contribution in [3.63, 3.8) is 0 Å². The molecule has 1 aliphatic heterocycles. The van der Waals surface area contributed by atoms with E-state index >= 15 is 0 Å². The van der Waals surface area contributed by atoms with Crippen LogP contribution in [0.4, 0.5) is 0 Å². The highest BCUT2D eigenvalue weighted by molar-refractivity contribution is 7.99. The number of aromatic nitrogens is 1. The SMILES string of the molecule is CC(C)SCc1nc(C2(N)CCOCC2)cs1. The summed E-state index contributed by atoms with van der Waals surface area (Å²) in [6.45, 7) is 5.93. The number of hydrogen-bond donors (Lipinski definition) is 1. The quantitative estimate of drug-likeness (QED) is 0.915. The first-order chi connectivity index (χ1) is 8.10. The molecule has 5 heteroatoms. The Balaban J connectivity index is 2.01. The summed E-state index contributed by atoms with van der Waals surface area (Å²) in [5, 5.41) is 3.97. The van der Waals surface area contributed by atoms with Gasteiger partial charge in [-0.2, -0.15) is 11.8 Å². The molecule has 2 N–H and O–H groups in total. The third-order valence-electron chi connectivity index (χ3n) is 2.99. The Hall–Kier alpha value is -0.100. The van der Waals surface area contributed by atoms with E-state index in [9.17, 15) is 0 Å². The number of nitrogens with two attached hydrogens (primary N) is 1. The summed E-state index contributed by atoms with van der Waals surface area (Å²) in [5.74, 6) is 0.995. The minimum Gasteiger partial charge on any atom is -0.381 e. The summed E-state index contributed by atoms with van der Waals surface area (Å²) >= 11 is 3.66. The number of thiazole rings is 1. The molecule has 17 heavy (non-hydrogen) atoms. The third-order valence-corrected chi connectivity index (χ3v) is 5.13. The maximum Gasteiger partial charge on any atom is 0.103 e. The molecule has 0 radical (unpaired) electrons. The molecule has 3 nitrogen and oxygen atoms in total. The molecule has 0 atom stereocenters. The van der Waals surface area contributed by atoms with Crippen LogP contribution >= 0.6 is 23.1 Å². The Morgan fingerprint density at radius 2 is 2.24 bits per heavy atom. The van der Waals surface area contributed by atoms with Crippen molar-refractivity contribution < 1.29 is 4.74 Å². The molecule has 0 spiro atoms. The number of thioether (sulfide) groups is 1. The van der Waals surface area contributed by atoms with Crippen LogP contribution in [0.1, 0.15) is 37.4 Å². The van der Waals surface area contributed by atoms with E-state index < -0.39 is 0 Å². The van der Waals surface area contributed by atoms with Crippen LogP contribution in [0.15, 0.2) is 5.38 Å². The Kier molecular flexibility index (Phi) is 4.47. The monoisotopic (exact) mass is 272 g/mol. The Morgan fingerprint density at radius 3 is 2.88 bits per heavy atom. The fourth-order valence-corrected chi connectivity index (χ4v) is 3.54. The van der Waals surface area contributed by atoms with E-state index in [1.807, 2.05) is 11.8 Å². The largest absolute Gasteiger partial charge is 0.381 e. The van der Waals surface area contributed by atoms with E-state index in [-0.39, 0.29) is 5.54 Å². The summed E-state index contributed by atoms with van der Waals surface area (Å²) in [6, 6.07) is 0. The lowest BCUT2D eigenvalue weighted by Crippen LogP contribution is -2.42. The average molecular weight is 272 g/mol. The van der Waals surface area contributed by atoms with Crippen LogP contribution in [-0.2, 0) is 16.0 Å². The molecule has 0 aromatic carbocycles. The number of nitrogens with zero attached hydrogens (tertiary/aromatic N) is 1. The number of rotatable bonds is 4. The number of hydrogen-bond acceptors (Lipinski definition) is 5.